The van der Waals surface area contributed by atoms with Crippen molar-refractivity contribution in [3.05, 3.63) is 29.3 Å². The number of hydrogen-bond donors (Lipinski definition) is 2. The van der Waals surface area contributed by atoms with Crippen molar-refractivity contribution in [2.45, 2.75) is 26.2 Å². The Balaban J connectivity index is 2.47. The maximum absolute atomic E-state index is 11.7. The summed E-state index contributed by atoms with van der Waals surface area (Å²) in [7, 11) is 0. The van der Waals surface area contributed by atoms with E-state index in [-0.39, 0.29) is 17.1 Å². The average molecular weight is 262 g/mol. The SMILES string of the molecule is CCCCC1=C(c2ccc(O)c(O)c2)C(=O)OC1=O. The van der Waals surface area contributed by atoms with Gasteiger partial charge >= 0.3 is 11.9 Å². The molecule has 0 aliphatic carbocycles. The highest BCUT2D eigenvalue weighted by molar-refractivity contribution is 6.30. The van der Waals surface area contributed by atoms with Crippen LogP contribution in [0.2, 0.25) is 0 Å². The van der Waals surface area contributed by atoms with E-state index in [0.29, 0.717) is 17.6 Å². The largest absolute Gasteiger partial charge is 0.504 e. The first-order valence-electron chi connectivity index (χ1n) is 6.06. The second-order valence-corrected chi connectivity index (χ2v) is 4.34. The summed E-state index contributed by atoms with van der Waals surface area (Å²) in [6, 6.07) is 3.98. The first-order valence-corrected chi connectivity index (χ1v) is 6.06. The molecule has 2 rings (SSSR count). The average Bonchev–Trinajstić information content (AvgIpc) is 2.65. The predicted octanol–water partition coefficient (Wildman–Crippen LogP) is 2.13. The topological polar surface area (TPSA) is 83.8 Å². The lowest BCUT2D eigenvalue weighted by Gasteiger charge is -2.04. The van der Waals surface area contributed by atoms with E-state index in [1.54, 1.807) is 0 Å². The minimum atomic E-state index is -0.707. The zero-order valence-electron chi connectivity index (χ0n) is 10.5. The van der Waals surface area contributed by atoms with Crippen molar-refractivity contribution >= 4 is 17.5 Å². The number of benzene rings is 1. The van der Waals surface area contributed by atoms with E-state index in [0.717, 1.165) is 12.8 Å². The minimum absolute atomic E-state index is 0.175. The summed E-state index contributed by atoms with van der Waals surface area (Å²) in [5.74, 6) is -1.95. The van der Waals surface area contributed by atoms with Crippen molar-refractivity contribution < 1.29 is 24.5 Å². The second kappa shape index (κ2) is 5.14. The molecule has 100 valence electrons. The standard InChI is InChI=1S/C14H14O5/c1-2-3-4-9-12(14(18)19-13(9)17)8-5-6-10(15)11(16)7-8/h5-7,15-16H,2-4H2,1H3. The van der Waals surface area contributed by atoms with Crippen LogP contribution in [0, 0.1) is 0 Å². The van der Waals surface area contributed by atoms with E-state index in [9.17, 15) is 19.8 Å². The lowest BCUT2D eigenvalue weighted by atomic mass is 9.98. The molecular formula is C14H14O5. The van der Waals surface area contributed by atoms with Gasteiger partial charge in [0.05, 0.1) is 11.1 Å². The van der Waals surface area contributed by atoms with Crippen LogP contribution in [0.25, 0.3) is 5.57 Å². The highest BCUT2D eigenvalue weighted by atomic mass is 16.6. The zero-order valence-corrected chi connectivity index (χ0v) is 10.5. The Morgan fingerprint density at radius 2 is 1.84 bits per heavy atom. The lowest BCUT2D eigenvalue weighted by molar-refractivity contribution is -0.150. The third-order valence-electron chi connectivity index (χ3n) is 2.98. The van der Waals surface area contributed by atoms with Gasteiger partial charge in [-0.25, -0.2) is 9.59 Å². The number of rotatable bonds is 4. The molecule has 0 fully saturated rings. The van der Waals surface area contributed by atoms with E-state index in [1.807, 2.05) is 6.92 Å². The van der Waals surface area contributed by atoms with Gasteiger partial charge in [-0.1, -0.05) is 19.4 Å². The molecule has 1 aliphatic rings. The number of aromatic hydroxyl groups is 2. The molecule has 0 unspecified atom stereocenters. The Hall–Kier alpha value is -2.30. The fourth-order valence-corrected chi connectivity index (χ4v) is 1.97. The second-order valence-electron chi connectivity index (χ2n) is 4.34. The van der Waals surface area contributed by atoms with Gasteiger partial charge in [-0.3, -0.25) is 0 Å². The number of phenolic OH excluding ortho intramolecular Hbond substituents is 2. The third kappa shape index (κ3) is 2.45. The third-order valence-corrected chi connectivity index (χ3v) is 2.98. The molecular weight excluding hydrogens is 248 g/mol. The molecule has 0 saturated heterocycles. The van der Waals surface area contributed by atoms with Gasteiger partial charge < -0.3 is 14.9 Å². The summed E-state index contributed by atoms with van der Waals surface area (Å²) < 4.78 is 4.61. The molecule has 5 heteroatoms. The van der Waals surface area contributed by atoms with Crippen LogP contribution in [-0.2, 0) is 14.3 Å². The Morgan fingerprint density at radius 1 is 1.11 bits per heavy atom. The fraction of sp³-hybridized carbons (Fsp3) is 0.286. The molecule has 1 aromatic rings. The summed E-state index contributed by atoms with van der Waals surface area (Å²) in [6.45, 7) is 1.98. The molecule has 0 atom stereocenters. The van der Waals surface area contributed by atoms with E-state index in [1.165, 1.54) is 18.2 Å². The van der Waals surface area contributed by atoms with Crippen molar-refractivity contribution in [3.8, 4) is 11.5 Å². The molecule has 1 aromatic carbocycles. The van der Waals surface area contributed by atoms with Gasteiger partial charge in [0.25, 0.3) is 0 Å². The van der Waals surface area contributed by atoms with Crippen LogP contribution in [0.15, 0.2) is 23.8 Å². The van der Waals surface area contributed by atoms with Crippen molar-refractivity contribution in [1.29, 1.82) is 0 Å². The van der Waals surface area contributed by atoms with Crippen molar-refractivity contribution in [2.24, 2.45) is 0 Å². The molecule has 0 spiro atoms. The molecule has 0 radical (unpaired) electrons. The van der Waals surface area contributed by atoms with Gasteiger partial charge in [0, 0.05) is 0 Å². The maximum atomic E-state index is 11.7. The van der Waals surface area contributed by atoms with Crippen molar-refractivity contribution in [1.82, 2.24) is 0 Å². The molecule has 0 bridgehead atoms. The highest BCUT2D eigenvalue weighted by Gasteiger charge is 2.33. The predicted molar refractivity (Wildman–Crippen MR) is 67.3 cm³/mol. The summed E-state index contributed by atoms with van der Waals surface area (Å²) in [5, 5.41) is 18.7. The van der Waals surface area contributed by atoms with Crippen LogP contribution in [0.4, 0.5) is 0 Å². The molecule has 0 aromatic heterocycles. The number of phenols is 2. The number of carbonyl (C=O) groups is 2. The van der Waals surface area contributed by atoms with E-state index in [4.69, 9.17) is 0 Å². The first-order chi connectivity index (χ1) is 9.04. The number of cyclic esters (lactones) is 2. The molecule has 1 aliphatic heterocycles. The normalized spacial score (nSPS) is 15.0. The minimum Gasteiger partial charge on any atom is -0.504 e. The van der Waals surface area contributed by atoms with Gasteiger partial charge in [0.1, 0.15) is 0 Å². The molecule has 2 N–H and O–H groups in total. The Bertz CT molecular complexity index is 571. The first kappa shape index (κ1) is 13.1. The lowest BCUT2D eigenvalue weighted by Crippen LogP contribution is -2.02. The van der Waals surface area contributed by atoms with Crippen LogP contribution < -0.4 is 0 Å². The smallest absolute Gasteiger partial charge is 0.347 e. The molecule has 19 heavy (non-hydrogen) atoms. The van der Waals surface area contributed by atoms with Gasteiger partial charge in [-0.15, -0.1) is 0 Å². The van der Waals surface area contributed by atoms with Gasteiger partial charge in [0.2, 0.25) is 0 Å². The van der Waals surface area contributed by atoms with Gasteiger partial charge in [-0.05, 0) is 30.5 Å². The number of unbranched alkanes of at least 4 members (excludes halogenated alkanes) is 1. The van der Waals surface area contributed by atoms with Crippen LogP contribution >= 0.6 is 0 Å². The summed E-state index contributed by atoms with van der Waals surface area (Å²) >= 11 is 0. The summed E-state index contributed by atoms with van der Waals surface area (Å²) in [6.07, 6.45) is 2.11. The molecule has 0 amide bonds. The van der Waals surface area contributed by atoms with E-state index in [2.05, 4.69) is 4.74 Å². The van der Waals surface area contributed by atoms with Crippen LogP contribution in [0.5, 0.6) is 11.5 Å². The molecule has 5 nitrogen and oxygen atoms in total. The van der Waals surface area contributed by atoms with E-state index < -0.39 is 11.9 Å². The highest BCUT2D eigenvalue weighted by Crippen LogP contribution is 2.34. The van der Waals surface area contributed by atoms with Crippen LogP contribution in [0.3, 0.4) is 0 Å². The Morgan fingerprint density at radius 3 is 2.47 bits per heavy atom. The molecule has 0 saturated carbocycles. The number of esters is 2. The quantitative estimate of drug-likeness (QED) is 0.493. The molecule has 1 heterocycles. The van der Waals surface area contributed by atoms with E-state index >= 15 is 0 Å². The zero-order chi connectivity index (χ0) is 14.0. The summed E-state index contributed by atoms with van der Waals surface area (Å²) in [4.78, 5) is 23.3. The van der Waals surface area contributed by atoms with Crippen molar-refractivity contribution in [3.63, 3.8) is 0 Å². The fourth-order valence-electron chi connectivity index (χ4n) is 1.97. The Kier molecular flexibility index (Phi) is 3.55. The van der Waals surface area contributed by atoms with Crippen LogP contribution in [0.1, 0.15) is 31.7 Å². The van der Waals surface area contributed by atoms with Gasteiger partial charge in [0.15, 0.2) is 11.5 Å². The Labute approximate surface area is 110 Å². The number of ether oxygens (including phenoxy) is 1. The number of hydrogen-bond acceptors (Lipinski definition) is 5. The summed E-state index contributed by atoms with van der Waals surface area (Å²) in [5.41, 5.74) is 0.878. The maximum Gasteiger partial charge on any atom is 0.347 e. The van der Waals surface area contributed by atoms with Crippen molar-refractivity contribution in [2.75, 3.05) is 0 Å². The monoisotopic (exact) mass is 262 g/mol. The van der Waals surface area contributed by atoms with Gasteiger partial charge in [-0.2, -0.15) is 0 Å². The number of carbonyl (C=O) groups excluding carboxylic acids is 2. The van der Waals surface area contributed by atoms with Crippen LogP contribution in [-0.4, -0.2) is 22.2 Å².